The molecule has 0 saturated heterocycles. The van der Waals surface area contributed by atoms with Crippen LogP contribution in [-0.4, -0.2) is 38.3 Å². The summed E-state index contributed by atoms with van der Waals surface area (Å²) < 4.78 is 7.77. The zero-order chi connectivity index (χ0) is 21.6. The third-order valence-corrected chi connectivity index (χ3v) is 5.97. The summed E-state index contributed by atoms with van der Waals surface area (Å²) in [4.78, 5) is 0. The third kappa shape index (κ3) is 5.34. The number of hydrogen-bond donors (Lipinski definition) is 1. The van der Waals surface area contributed by atoms with E-state index in [4.69, 9.17) is 4.74 Å². The molecule has 1 aromatic heterocycles. The van der Waals surface area contributed by atoms with Crippen LogP contribution in [0.2, 0.25) is 0 Å². The van der Waals surface area contributed by atoms with Crippen LogP contribution in [0.15, 0.2) is 84.0 Å². The smallest absolute Gasteiger partial charge is 0.195 e. The molecule has 158 valence electrons. The monoisotopic (exact) mass is 431 g/mol. The van der Waals surface area contributed by atoms with E-state index in [0.29, 0.717) is 5.75 Å². The molecule has 1 N–H and O–H groups in total. The quantitative estimate of drug-likeness (QED) is 0.394. The average Bonchev–Trinajstić information content (AvgIpc) is 3.18. The first-order chi connectivity index (χ1) is 15.1. The Balaban J connectivity index is 1.32. The lowest BCUT2D eigenvalue weighted by Crippen LogP contribution is -2.20. The number of nitrogens with zero attached hydrogens (tertiary/aromatic N) is 3. The molecule has 0 aliphatic heterocycles. The Bertz CT molecular complexity index is 1110. The third-order valence-electron chi connectivity index (χ3n) is 4.90. The molecule has 0 radical (unpaired) electrons. The molecule has 1 atom stereocenters. The molecule has 4 aromatic rings. The van der Waals surface area contributed by atoms with Crippen molar-refractivity contribution in [3.63, 3.8) is 0 Å². The second-order valence-corrected chi connectivity index (χ2v) is 8.35. The van der Waals surface area contributed by atoms with Crippen LogP contribution >= 0.6 is 11.8 Å². The summed E-state index contributed by atoms with van der Waals surface area (Å²) in [5.41, 5.74) is 4.52. The van der Waals surface area contributed by atoms with Crippen LogP contribution in [0.4, 0.5) is 0 Å². The van der Waals surface area contributed by atoms with Gasteiger partial charge >= 0.3 is 0 Å². The molecule has 3 aromatic carbocycles. The van der Waals surface area contributed by atoms with E-state index in [2.05, 4.69) is 41.4 Å². The average molecular weight is 432 g/mol. The predicted octanol–water partition coefficient (Wildman–Crippen LogP) is 5.08. The van der Waals surface area contributed by atoms with Crippen molar-refractivity contribution in [1.29, 1.82) is 0 Å². The molecule has 1 heterocycles. The SMILES string of the molecule is Cc1ccc(-n2c(C)nnc2SCC(O)COc2ccc(-c3ccccc3)cc2)cc1. The molecule has 0 amide bonds. The summed E-state index contributed by atoms with van der Waals surface area (Å²) in [7, 11) is 0. The molecular formula is C25H25N3O2S. The summed E-state index contributed by atoms with van der Waals surface area (Å²) in [6.45, 7) is 4.20. The summed E-state index contributed by atoms with van der Waals surface area (Å²) in [6, 6.07) is 26.3. The Morgan fingerprint density at radius 2 is 1.55 bits per heavy atom. The number of aromatic nitrogens is 3. The number of benzene rings is 3. The lowest BCUT2D eigenvalue weighted by atomic mass is 10.1. The molecule has 0 saturated carbocycles. The molecule has 4 rings (SSSR count). The minimum absolute atomic E-state index is 0.218. The zero-order valence-corrected chi connectivity index (χ0v) is 18.4. The van der Waals surface area contributed by atoms with E-state index in [1.807, 2.05) is 66.1 Å². The van der Waals surface area contributed by atoms with Gasteiger partial charge in [-0.3, -0.25) is 4.57 Å². The van der Waals surface area contributed by atoms with Crippen molar-refractivity contribution >= 4 is 11.8 Å². The van der Waals surface area contributed by atoms with E-state index in [-0.39, 0.29) is 6.61 Å². The fraction of sp³-hybridized carbons (Fsp3) is 0.200. The van der Waals surface area contributed by atoms with E-state index < -0.39 is 6.10 Å². The lowest BCUT2D eigenvalue weighted by molar-refractivity contribution is 0.126. The van der Waals surface area contributed by atoms with E-state index >= 15 is 0 Å². The standard InChI is InChI=1S/C25H25N3O2S/c1-18-8-12-22(13-9-18)28-19(2)26-27-25(28)31-17-23(29)16-30-24-14-10-21(11-15-24)20-6-4-3-5-7-20/h3-15,23,29H,16-17H2,1-2H3. The number of thioether (sulfide) groups is 1. The molecule has 0 spiro atoms. The van der Waals surface area contributed by atoms with Gasteiger partial charge in [0.15, 0.2) is 5.16 Å². The first-order valence-electron chi connectivity index (χ1n) is 10.2. The molecule has 0 fully saturated rings. The van der Waals surface area contributed by atoms with E-state index in [1.165, 1.54) is 22.9 Å². The Morgan fingerprint density at radius 1 is 0.871 bits per heavy atom. The largest absolute Gasteiger partial charge is 0.491 e. The normalized spacial score (nSPS) is 12.0. The van der Waals surface area contributed by atoms with Gasteiger partial charge in [-0.1, -0.05) is 71.9 Å². The number of aliphatic hydroxyl groups is 1. The summed E-state index contributed by atoms with van der Waals surface area (Å²) in [5, 5.41) is 19.6. The van der Waals surface area contributed by atoms with Crippen molar-refractivity contribution in [2.45, 2.75) is 25.1 Å². The molecule has 1 unspecified atom stereocenters. The van der Waals surface area contributed by atoms with Gasteiger partial charge in [0.25, 0.3) is 0 Å². The van der Waals surface area contributed by atoms with Crippen LogP contribution in [0.25, 0.3) is 16.8 Å². The van der Waals surface area contributed by atoms with E-state index in [1.54, 1.807) is 0 Å². The Kier molecular flexibility index (Phi) is 6.70. The highest BCUT2D eigenvalue weighted by molar-refractivity contribution is 7.99. The maximum absolute atomic E-state index is 10.4. The predicted molar refractivity (Wildman–Crippen MR) is 125 cm³/mol. The van der Waals surface area contributed by atoms with Crippen molar-refractivity contribution in [1.82, 2.24) is 14.8 Å². The number of hydrogen-bond acceptors (Lipinski definition) is 5. The van der Waals surface area contributed by atoms with Crippen molar-refractivity contribution in [3.8, 4) is 22.6 Å². The lowest BCUT2D eigenvalue weighted by Gasteiger charge is -2.13. The number of aryl methyl sites for hydroxylation is 2. The van der Waals surface area contributed by atoms with Crippen molar-refractivity contribution in [2.24, 2.45) is 0 Å². The number of aliphatic hydroxyl groups excluding tert-OH is 1. The molecule has 6 heteroatoms. The van der Waals surface area contributed by atoms with Crippen molar-refractivity contribution in [3.05, 3.63) is 90.3 Å². The zero-order valence-electron chi connectivity index (χ0n) is 17.6. The first-order valence-corrected chi connectivity index (χ1v) is 11.2. The van der Waals surface area contributed by atoms with Crippen LogP contribution in [0.5, 0.6) is 5.75 Å². The maximum atomic E-state index is 10.4. The van der Waals surface area contributed by atoms with E-state index in [0.717, 1.165) is 28.0 Å². The molecule has 5 nitrogen and oxygen atoms in total. The van der Waals surface area contributed by atoms with Gasteiger partial charge in [0.05, 0.1) is 6.10 Å². The van der Waals surface area contributed by atoms with Crippen LogP contribution in [0, 0.1) is 13.8 Å². The minimum atomic E-state index is -0.623. The van der Waals surface area contributed by atoms with Gasteiger partial charge in [-0.05, 0) is 49.2 Å². The van der Waals surface area contributed by atoms with Gasteiger partial charge < -0.3 is 9.84 Å². The van der Waals surface area contributed by atoms with Gasteiger partial charge in [0.1, 0.15) is 18.2 Å². The van der Waals surface area contributed by atoms with E-state index in [9.17, 15) is 5.11 Å². The summed E-state index contributed by atoms with van der Waals surface area (Å²) >= 11 is 1.47. The Labute approximate surface area is 186 Å². The number of ether oxygens (including phenoxy) is 1. The fourth-order valence-electron chi connectivity index (χ4n) is 3.21. The molecule has 31 heavy (non-hydrogen) atoms. The molecular weight excluding hydrogens is 406 g/mol. The highest BCUT2D eigenvalue weighted by Crippen LogP contribution is 2.24. The van der Waals surface area contributed by atoms with Crippen molar-refractivity contribution in [2.75, 3.05) is 12.4 Å². The van der Waals surface area contributed by atoms with Crippen LogP contribution in [0.3, 0.4) is 0 Å². The highest BCUT2D eigenvalue weighted by Gasteiger charge is 2.14. The van der Waals surface area contributed by atoms with Crippen LogP contribution < -0.4 is 4.74 Å². The first kappa shape index (κ1) is 21.2. The summed E-state index contributed by atoms with van der Waals surface area (Å²) in [5.74, 6) is 2.02. The van der Waals surface area contributed by atoms with Gasteiger partial charge in [0, 0.05) is 11.4 Å². The second kappa shape index (κ2) is 9.81. The van der Waals surface area contributed by atoms with Gasteiger partial charge in [0.2, 0.25) is 0 Å². The highest BCUT2D eigenvalue weighted by atomic mass is 32.2. The van der Waals surface area contributed by atoms with Gasteiger partial charge in [-0.25, -0.2) is 0 Å². The fourth-order valence-corrected chi connectivity index (χ4v) is 4.12. The minimum Gasteiger partial charge on any atom is -0.491 e. The van der Waals surface area contributed by atoms with Gasteiger partial charge in [-0.2, -0.15) is 0 Å². The maximum Gasteiger partial charge on any atom is 0.195 e. The Morgan fingerprint density at radius 3 is 2.26 bits per heavy atom. The molecule has 0 bridgehead atoms. The second-order valence-electron chi connectivity index (χ2n) is 7.37. The summed E-state index contributed by atoms with van der Waals surface area (Å²) in [6.07, 6.45) is -0.623. The van der Waals surface area contributed by atoms with Gasteiger partial charge in [-0.15, -0.1) is 10.2 Å². The Hall–Kier alpha value is -3.09. The molecule has 0 aliphatic rings. The van der Waals surface area contributed by atoms with Crippen LogP contribution in [0.1, 0.15) is 11.4 Å². The molecule has 0 aliphatic carbocycles. The van der Waals surface area contributed by atoms with Crippen LogP contribution in [-0.2, 0) is 0 Å². The van der Waals surface area contributed by atoms with Crippen molar-refractivity contribution < 1.29 is 9.84 Å². The topological polar surface area (TPSA) is 60.2 Å². The number of rotatable bonds is 8.